The predicted octanol–water partition coefficient (Wildman–Crippen LogP) is 4.03. The van der Waals surface area contributed by atoms with E-state index in [-0.39, 0.29) is 5.78 Å². The van der Waals surface area contributed by atoms with Crippen LogP contribution in [-0.2, 0) is 6.42 Å². The van der Waals surface area contributed by atoms with Gasteiger partial charge in [-0.1, -0.05) is 23.8 Å². The van der Waals surface area contributed by atoms with Gasteiger partial charge in [0.25, 0.3) is 0 Å². The number of methoxy groups -OCH3 is 1. The molecule has 0 radical (unpaired) electrons. The first-order chi connectivity index (χ1) is 9.10. The lowest BCUT2D eigenvalue weighted by molar-refractivity contribution is 0.0990. The molecule has 2 aromatic rings. The van der Waals surface area contributed by atoms with E-state index in [1.54, 1.807) is 7.11 Å². The topological polar surface area (TPSA) is 26.3 Å². The fourth-order valence-electron chi connectivity index (χ4n) is 1.92. The first-order valence-corrected chi connectivity index (χ1v) is 7.10. The molecule has 0 fully saturated rings. The molecule has 0 aliphatic rings. The summed E-state index contributed by atoms with van der Waals surface area (Å²) in [6.07, 6.45) is 0.400. The highest BCUT2D eigenvalue weighted by molar-refractivity contribution is 14.1. The smallest absolute Gasteiger partial charge is 0.170 e. The largest absolute Gasteiger partial charge is 0.496 e. The van der Waals surface area contributed by atoms with Gasteiger partial charge in [0.1, 0.15) is 5.75 Å². The second kappa shape index (κ2) is 6.19. The predicted molar refractivity (Wildman–Crippen MR) is 84.9 cm³/mol. The molecule has 98 valence electrons. The maximum absolute atomic E-state index is 12.3. The van der Waals surface area contributed by atoms with Gasteiger partial charge in [-0.15, -0.1) is 0 Å². The van der Waals surface area contributed by atoms with Gasteiger partial charge < -0.3 is 4.74 Å². The van der Waals surface area contributed by atoms with Crippen LogP contribution in [0, 0.1) is 10.5 Å². The molecule has 0 N–H and O–H groups in total. The molecule has 0 aromatic heterocycles. The van der Waals surface area contributed by atoms with E-state index >= 15 is 0 Å². The van der Waals surface area contributed by atoms with Crippen LogP contribution in [-0.4, -0.2) is 12.9 Å². The van der Waals surface area contributed by atoms with E-state index < -0.39 is 0 Å². The quantitative estimate of drug-likeness (QED) is 0.603. The summed E-state index contributed by atoms with van der Waals surface area (Å²) >= 11 is 2.25. The summed E-state index contributed by atoms with van der Waals surface area (Å²) in [5.74, 6) is 0.725. The third-order valence-corrected chi connectivity index (χ3v) is 3.65. The average Bonchev–Trinajstić information content (AvgIpc) is 2.41. The van der Waals surface area contributed by atoms with Gasteiger partial charge >= 0.3 is 0 Å². The number of Topliss-reactive ketones (excluding diaryl/α,β-unsaturated/α-hetero) is 1. The van der Waals surface area contributed by atoms with Gasteiger partial charge in [-0.3, -0.25) is 4.79 Å². The maximum Gasteiger partial charge on any atom is 0.170 e. The standard InChI is InChI=1S/C16H15IO2/c1-11-3-8-16(19-2)14(9-11)15(18)10-12-4-6-13(17)7-5-12/h3-9H,10H2,1-2H3. The van der Waals surface area contributed by atoms with Crippen LogP contribution < -0.4 is 4.74 Å². The van der Waals surface area contributed by atoms with Crippen LogP contribution in [0.5, 0.6) is 5.75 Å². The highest BCUT2D eigenvalue weighted by atomic mass is 127. The van der Waals surface area contributed by atoms with Crippen molar-refractivity contribution < 1.29 is 9.53 Å². The number of ether oxygens (including phenoxy) is 1. The van der Waals surface area contributed by atoms with Gasteiger partial charge in [0.15, 0.2) is 5.78 Å². The van der Waals surface area contributed by atoms with Gasteiger partial charge in [0, 0.05) is 9.99 Å². The number of carbonyl (C=O) groups excluding carboxylic acids is 1. The van der Waals surface area contributed by atoms with Crippen molar-refractivity contribution in [2.75, 3.05) is 7.11 Å². The number of hydrogen-bond donors (Lipinski definition) is 0. The molecule has 0 bridgehead atoms. The highest BCUT2D eigenvalue weighted by Crippen LogP contribution is 2.21. The van der Waals surface area contributed by atoms with E-state index in [1.165, 1.54) is 3.57 Å². The van der Waals surface area contributed by atoms with E-state index in [2.05, 4.69) is 22.6 Å². The normalized spacial score (nSPS) is 10.3. The average molecular weight is 366 g/mol. The van der Waals surface area contributed by atoms with Crippen molar-refractivity contribution in [3.8, 4) is 5.75 Å². The zero-order valence-electron chi connectivity index (χ0n) is 10.9. The van der Waals surface area contributed by atoms with Crippen LogP contribution >= 0.6 is 22.6 Å². The van der Waals surface area contributed by atoms with Crippen LogP contribution in [0.1, 0.15) is 21.5 Å². The monoisotopic (exact) mass is 366 g/mol. The van der Waals surface area contributed by atoms with Crippen LogP contribution in [0.15, 0.2) is 42.5 Å². The fourth-order valence-corrected chi connectivity index (χ4v) is 2.28. The van der Waals surface area contributed by atoms with Crippen molar-refractivity contribution >= 4 is 28.4 Å². The summed E-state index contributed by atoms with van der Waals surface area (Å²) < 4.78 is 6.42. The van der Waals surface area contributed by atoms with Crippen molar-refractivity contribution in [3.05, 3.63) is 62.7 Å². The molecule has 0 unspecified atom stereocenters. The fraction of sp³-hybridized carbons (Fsp3) is 0.188. The molecule has 0 aliphatic heterocycles. The van der Waals surface area contributed by atoms with Gasteiger partial charge in [0.05, 0.1) is 12.7 Å². The number of ketones is 1. The minimum atomic E-state index is 0.0850. The van der Waals surface area contributed by atoms with Crippen LogP contribution in [0.4, 0.5) is 0 Å². The maximum atomic E-state index is 12.3. The third kappa shape index (κ3) is 3.56. The van der Waals surface area contributed by atoms with E-state index in [9.17, 15) is 4.79 Å². The third-order valence-electron chi connectivity index (χ3n) is 2.93. The Hall–Kier alpha value is -1.36. The van der Waals surface area contributed by atoms with Gasteiger partial charge in [-0.2, -0.15) is 0 Å². The molecule has 0 amide bonds. The van der Waals surface area contributed by atoms with Crippen LogP contribution in [0.3, 0.4) is 0 Å². The first kappa shape index (κ1) is 14.1. The van der Waals surface area contributed by atoms with E-state index in [0.717, 1.165) is 11.1 Å². The van der Waals surface area contributed by atoms with Gasteiger partial charge in [-0.05, 0) is 59.3 Å². The second-order valence-electron chi connectivity index (χ2n) is 4.43. The van der Waals surface area contributed by atoms with Crippen molar-refractivity contribution in [2.45, 2.75) is 13.3 Å². The molecule has 3 heteroatoms. The summed E-state index contributed by atoms with van der Waals surface area (Å²) in [5, 5.41) is 0. The number of rotatable bonds is 4. The Morgan fingerprint density at radius 2 is 1.84 bits per heavy atom. The number of aryl methyl sites for hydroxylation is 1. The lowest BCUT2D eigenvalue weighted by Crippen LogP contribution is -2.06. The molecule has 0 atom stereocenters. The van der Waals surface area contributed by atoms with E-state index in [1.807, 2.05) is 49.4 Å². The summed E-state index contributed by atoms with van der Waals surface area (Å²) in [7, 11) is 1.59. The van der Waals surface area contributed by atoms with Gasteiger partial charge in [-0.25, -0.2) is 0 Å². The number of carbonyl (C=O) groups is 1. The Morgan fingerprint density at radius 1 is 1.16 bits per heavy atom. The second-order valence-corrected chi connectivity index (χ2v) is 5.68. The Kier molecular flexibility index (Phi) is 4.58. The zero-order chi connectivity index (χ0) is 13.8. The molecule has 19 heavy (non-hydrogen) atoms. The SMILES string of the molecule is COc1ccc(C)cc1C(=O)Cc1ccc(I)cc1. The summed E-state index contributed by atoms with van der Waals surface area (Å²) in [6, 6.07) is 13.7. The molecule has 0 heterocycles. The van der Waals surface area contributed by atoms with E-state index in [4.69, 9.17) is 4.74 Å². The van der Waals surface area contributed by atoms with Crippen molar-refractivity contribution in [1.82, 2.24) is 0 Å². The van der Waals surface area contributed by atoms with Gasteiger partial charge in [0.2, 0.25) is 0 Å². The van der Waals surface area contributed by atoms with Crippen molar-refractivity contribution in [1.29, 1.82) is 0 Å². The molecule has 0 spiro atoms. The first-order valence-electron chi connectivity index (χ1n) is 6.02. The van der Waals surface area contributed by atoms with Crippen LogP contribution in [0.2, 0.25) is 0 Å². The Morgan fingerprint density at radius 3 is 2.47 bits per heavy atom. The summed E-state index contributed by atoms with van der Waals surface area (Å²) in [6.45, 7) is 1.97. The molecular weight excluding hydrogens is 351 g/mol. The molecule has 0 saturated carbocycles. The summed E-state index contributed by atoms with van der Waals surface area (Å²) in [4.78, 5) is 12.3. The number of halogens is 1. The number of benzene rings is 2. The van der Waals surface area contributed by atoms with E-state index in [0.29, 0.717) is 17.7 Å². The van der Waals surface area contributed by atoms with Crippen LogP contribution in [0.25, 0.3) is 0 Å². The Bertz CT molecular complexity index is 588. The lowest BCUT2D eigenvalue weighted by Gasteiger charge is -2.08. The Labute approximate surface area is 126 Å². The number of hydrogen-bond acceptors (Lipinski definition) is 2. The Balaban J connectivity index is 2.24. The highest BCUT2D eigenvalue weighted by Gasteiger charge is 2.13. The molecular formula is C16H15IO2. The minimum Gasteiger partial charge on any atom is -0.496 e. The molecule has 0 saturated heterocycles. The van der Waals surface area contributed by atoms with Crippen molar-refractivity contribution in [3.63, 3.8) is 0 Å². The molecule has 2 aromatic carbocycles. The zero-order valence-corrected chi connectivity index (χ0v) is 13.1. The van der Waals surface area contributed by atoms with Crippen molar-refractivity contribution in [2.24, 2.45) is 0 Å². The molecule has 0 aliphatic carbocycles. The molecule has 2 nitrogen and oxygen atoms in total. The lowest BCUT2D eigenvalue weighted by atomic mass is 10.0. The minimum absolute atomic E-state index is 0.0850. The molecule has 2 rings (SSSR count). The summed E-state index contributed by atoms with van der Waals surface area (Å²) in [5.41, 5.74) is 2.74.